The van der Waals surface area contributed by atoms with Crippen molar-refractivity contribution >= 4 is 39.7 Å². The van der Waals surface area contributed by atoms with Crippen LogP contribution in [0, 0.1) is 11.7 Å². The third-order valence-corrected chi connectivity index (χ3v) is 9.22. The topological polar surface area (TPSA) is 137 Å². The summed E-state index contributed by atoms with van der Waals surface area (Å²) < 4.78 is 47.5. The lowest BCUT2D eigenvalue weighted by Crippen LogP contribution is -2.42. The molecule has 1 saturated heterocycles. The Labute approximate surface area is 232 Å². The van der Waals surface area contributed by atoms with E-state index in [-0.39, 0.29) is 51.5 Å². The number of primary amides is 1. The fraction of sp³-hybridized carbons (Fsp3) is 0.393. The Morgan fingerprint density at radius 3 is 2.58 bits per heavy atom. The first-order valence-corrected chi connectivity index (χ1v) is 14.9. The molecule has 2 aliphatic rings. The van der Waals surface area contributed by atoms with Gasteiger partial charge < -0.3 is 15.5 Å². The molecular formula is C28H31BFN4O5S. The number of hydrogen-bond acceptors (Lipinski definition) is 7. The van der Waals surface area contributed by atoms with Gasteiger partial charge in [0, 0.05) is 16.8 Å². The molecule has 12 heteroatoms. The molecule has 5 rings (SSSR count). The molecule has 1 radical (unpaired) electrons. The van der Waals surface area contributed by atoms with Gasteiger partial charge in [-0.1, -0.05) is 39.6 Å². The van der Waals surface area contributed by atoms with Crippen LogP contribution in [0.25, 0.3) is 16.7 Å². The number of carbonyl (C=O) groups excluding carboxylic acids is 1. The fourth-order valence-corrected chi connectivity index (χ4v) is 6.71. The van der Waals surface area contributed by atoms with Gasteiger partial charge in [0.1, 0.15) is 13.1 Å². The Hall–Kier alpha value is -3.67. The van der Waals surface area contributed by atoms with Gasteiger partial charge in [0.15, 0.2) is 15.4 Å². The van der Waals surface area contributed by atoms with E-state index in [0.29, 0.717) is 28.9 Å². The highest BCUT2D eigenvalue weighted by molar-refractivity contribution is 7.95. The van der Waals surface area contributed by atoms with Crippen LogP contribution in [-0.2, 0) is 21.2 Å². The summed E-state index contributed by atoms with van der Waals surface area (Å²) in [6.45, 7) is 7.67. The molecule has 0 spiro atoms. The largest absolute Gasteiger partial charge is 0.420 e. The van der Waals surface area contributed by atoms with Crippen LogP contribution in [0.2, 0.25) is 11.6 Å². The SMILES string of the molecule is CCS(=O)(=O)C1=C(C2[B]C2C)NC(CC(C)C)C(C(N)=O)=C1c1ccc2c(c1)oc(=O)n2Cc1ccc(F)cn1. The molecule has 3 atom stereocenters. The van der Waals surface area contributed by atoms with Crippen molar-refractivity contribution in [3.8, 4) is 0 Å². The number of carbonyl (C=O) groups is 1. The van der Waals surface area contributed by atoms with Gasteiger partial charge in [0.25, 0.3) is 0 Å². The Morgan fingerprint density at radius 1 is 1.27 bits per heavy atom. The number of dihydropyridines is 1. The lowest BCUT2D eigenvalue weighted by molar-refractivity contribution is -0.114. The van der Waals surface area contributed by atoms with E-state index in [1.54, 1.807) is 25.1 Å². The molecule has 1 amide bonds. The predicted octanol–water partition coefficient (Wildman–Crippen LogP) is 3.39. The van der Waals surface area contributed by atoms with E-state index >= 15 is 0 Å². The number of nitrogens with zero attached hydrogens (tertiary/aromatic N) is 2. The lowest BCUT2D eigenvalue weighted by atomic mass is 9.84. The van der Waals surface area contributed by atoms with Crippen molar-refractivity contribution in [1.82, 2.24) is 14.9 Å². The quantitative estimate of drug-likeness (QED) is 0.380. The minimum Gasteiger partial charge on any atom is -0.408 e. The second kappa shape index (κ2) is 10.4. The summed E-state index contributed by atoms with van der Waals surface area (Å²) >= 11 is 0. The molecule has 2 aromatic heterocycles. The summed E-state index contributed by atoms with van der Waals surface area (Å²) in [5.41, 5.74) is 8.47. The number of fused-ring (bicyclic) bond motifs is 1. The van der Waals surface area contributed by atoms with Crippen LogP contribution in [-0.4, -0.2) is 43.0 Å². The average Bonchev–Trinajstić information content (AvgIpc) is 3.54. The summed E-state index contributed by atoms with van der Waals surface area (Å²) in [5.74, 6) is -1.75. The summed E-state index contributed by atoms with van der Waals surface area (Å²) in [4.78, 5) is 29.9. The molecule has 4 heterocycles. The predicted molar refractivity (Wildman–Crippen MR) is 152 cm³/mol. The molecule has 3 N–H and O–H groups in total. The van der Waals surface area contributed by atoms with Crippen LogP contribution >= 0.6 is 0 Å². The van der Waals surface area contributed by atoms with Gasteiger partial charge in [-0.2, -0.15) is 0 Å². The zero-order valence-corrected chi connectivity index (χ0v) is 23.6. The Morgan fingerprint density at radius 2 is 2.00 bits per heavy atom. The third-order valence-electron chi connectivity index (χ3n) is 7.42. The highest BCUT2D eigenvalue weighted by atomic mass is 32.2. The van der Waals surface area contributed by atoms with Crippen LogP contribution in [0.15, 0.2) is 61.9 Å². The van der Waals surface area contributed by atoms with Crippen LogP contribution in [0.4, 0.5) is 4.39 Å². The van der Waals surface area contributed by atoms with E-state index in [1.807, 2.05) is 20.8 Å². The van der Waals surface area contributed by atoms with Gasteiger partial charge in [0.2, 0.25) is 5.91 Å². The van der Waals surface area contributed by atoms with Gasteiger partial charge in [-0.05, 0) is 48.0 Å². The number of halogens is 1. The number of aromatic nitrogens is 2. The molecule has 9 nitrogen and oxygen atoms in total. The number of pyridine rings is 1. The maximum Gasteiger partial charge on any atom is 0.420 e. The number of allylic oxidation sites excluding steroid dienone is 2. The zero-order chi connectivity index (χ0) is 28.9. The van der Waals surface area contributed by atoms with Crippen LogP contribution in [0.5, 0.6) is 0 Å². The third kappa shape index (κ3) is 5.12. The molecule has 3 aromatic rings. The first kappa shape index (κ1) is 27.9. The summed E-state index contributed by atoms with van der Waals surface area (Å²) in [7, 11) is -1.77. The maximum absolute atomic E-state index is 13.6. The monoisotopic (exact) mass is 565 g/mol. The summed E-state index contributed by atoms with van der Waals surface area (Å²) in [5, 5.41) is 3.38. The van der Waals surface area contributed by atoms with Gasteiger partial charge in [-0.3, -0.25) is 14.3 Å². The van der Waals surface area contributed by atoms with Crippen LogP contribution in [0.1, 0.15) is 45.4 Å². The zero-order valence-electron chi connectivity index (χ0n) is 22.8. The molecule has 1 aromatic carbocycles. The highest BCUT2D eigenvalue weighted by Gasteiger charge is 2.46. The lowest BCUT2D eigenvalue weighted by Gasteiger charge is -2.34. The number of nitrogens with two attached hydrogens (primary N) is 1. The molecular weight excluding hydrogens is 534 g/mol. The normalized spacial score (nSPS) is 21.1. The van der Waals surface area contributed by atoms with Crippen molar-refractivity contribution in [3.63, 3.8) is 0 Å². The Kier molecular flexibility index (Phi) is 7.24. The van der Waals surface area contributed by atoms with Gasteiger partial charge in [-0.25, -0.2) is 17.6 Å². The van der Waals surface area contributed by atoms with E-state index in [4.69, 9.17) is 10.2 Å². The molecule has 3 unspecified atom stereocenters. The smallest absolute Gasteiger partial charge is 0.408 e. The van der Waals surface area contributed by atoms with Crippen molar-refractivity contribution in [2.24, 2.45) is 11.7 Å². The second-order valence-electron chi connectivity index (χ2n) is 10.8. The minimum absolute atomic E-state index is 0.0516. The molecule has 209 valence electrons. The molecule has 40 heavy (non-hydrogen) atoms. The molecule has 0 aliphatic carbocycles. The maximum atomic E-state index is 13.6. The number of oxazole rings is 1. The number of benzene rings is 1. The first-order chi connectivity index (χ1) is 18.9. The van der Waals surface area contributed by atoms with Crippen molar-refractivity contribution in [2.45, 2.75) is 58.3 Å². The average molecular weight is 565 g/mol. The highest BCUT2D eigenvalue weighted by Crippen LogP contribution is 2.52. The number of sulfone groups is 1. The molecule has 1 fully saturated rings. The van der Waals surface area contributed by atoms with E-state index in [0.717, 1.165) is 6.20 Å². The summed E-state index contributed by atoms with van der Waals surface area (Å²) in [6, 6.07) is 7.14. The number of hydrogen-bond donors (Lipinski definition) is 2. The van der Waals surface area contributed by atoms with Crippen molar-refractivity contribution in [3.05, 3.63) is 80.3 Å². The van der Waals surface area contributed by atoms with Crippen molar-refractivity contribution in [1.29, 1.82) is 0 Å². The number of rotatable bonds is 9. The molecule has 0 bridgehead atoms. The van der Waals surface area contributed by atoms with Crippen molar-refractivity contribution in [2.75, 3.05) is 5.75 Å². The Bertz CT molecular complexity index is 1720. The van der Waals surface area contributed by atoms with E-state index < -0.39 is 33.4 Å². The molecule has 0 saturated carbocycles. The van der Waals surface area contributed by atoms with Gasteiger partial charge in [0.05, 0.1) is 40.7 Å². The van der Waals surface area contributed by atoms with Crippen LogP contribution < -0.4 is 16.8 Å². The van der Waals surface area contributed by atoms with E-state index in [2.05, 4.69) is 17.6 Å². The van der Waals surface area contributed by atoms with Gasteiger partial charge in [-0.15, -0.1) is 0 Å². The standard InChI is InChI=1S/C28H31BFN4O5S/c1-5-40(37,38)26-22(23(27(31)35)19(10-14(2)3)33-25(26)24-15(4)29-24)16-6-9-20-21(11-16)39-28(36)34(20)13-18-8-7-17(30)12-32-18/h6-9,11-12,14-15,19,24,33H,5,10,13H2,1-4H3,(H2,31,35). The number of amides is 1. The van der Waals surface area contributed by atoms with E-state index in [1.165, 1.54) is 16.7 Å². The fourth-order valence-electron chi connectivity index (χ4n) is 5.36. The minimum atomic E-state index is -3.82. The number of nitrogens with one attached hydrogen (secondary N) is 1. The van der Waals surface area contributed by atoms with Gasteiger partial charge >= 0.3 is 5.76 Å². The van der Waals surface area contributed by atoms with Crippen LogP contribution in [0.3, 0.4) is 0 Å². The van der Waals surface area contributed by atoms with Crippen molar-refractivity contribution < 1.29 is 22.0 Å². The first-order valence-electron chi connectivity index (χ1n) is 13.3. The Balaban J connectivity index is 1.72. The molecule has 2 aliphatic heterocycles. The summed E-state index contributed by atoms with van der Waals surface area (Å²) in [6.07, 6.45) is 1.63. The van der Waals surface area contributed by atoms with E-state index in [9.17, 15) is 22.4 Å². The second-order valence-corrected chi connectivity index (χ2v) is 13.0.